The fourth-order valence-electron chi connectivity index (χ4n) is 1.36. The molecule has 0 spiro atoms. The SMILES string of the molecule is COCCSCC(N)c1ccc(OC)c(F)c1. The molecule has 0 fully saturated rings. The summed E-state index contributed by atoms with van der Waals surface area (Å²) in [6.45, 7) is 0.703. The molecule has 1 aromatic carbocycles. The molecule has 0 radical (unpaired) electrons. The highest BCUT2D eigenvalue weighted by molar-refractivity contribution is 7.99. The van der Waals surface area contributed by atoms with Crippen LogP contribution in [0.3, 0.4) is 0 Å². The summed E-state index contributed by atoms with van der Waals surface area (Å²) in [6, 6.07) is 4.66. The van der Waals surface area contributed by atoms with Gasteiger partial charge in [-0.05, 0) is 17.7 Å². The zero-order valence-electron chi connectivity index (χ0n) is 10.1. The Hall–Kier alpha value is -0.780. The zero-order chi connectivity index (χ0) is 12.7. The molecule has 1 atom stereocenters. The molecule has 0 heterocycles. The van der Waals surface area contributed by atoms with E-state index in [0.717, 1.165) is 17.1 Å². The van der Waals surface area contributed by atoms with E-state index in [9.17, 15) is 4.39 Å². The molecule has 0 amide bonds. The Bertz CT molecular complexity index is 349. The van der Waals surface area contributed by atoms with Crippen LogP contribution in [-0.2, 0) is 4.74 Å². The third-order valence-corrected chi connectivity index (χ3v) is 3.38. The van der Waals surface area contributed by atoms with Crippen LogP contribution in [0.25, 0.3) is 0 Å². The molecule has 1 aromatic rings. The van der Waals surface area contributed by atoms with Crippen molar-refractivity contribution in [1.29, 1.82) is 0 Å². The Morgan fingerprint density at radius 3 is 2.76 bits per heavy atom. The molecule has 3 nitrogen and oxygen atoms in total. The van der Waals surface area contributed by atoms with Crippen molar-refractivity contribution in [3.05, 3.63) is 29.6 Å². The lowest BCUT2D eigenvalue weighted by Gasteiger charge is -2.12. The first-order valence-electron chi connectivity index (χ1n) is 5.34. The van der Waals surface area contributed by atoms with Crippen LogP contribution in [0.2, 0.25) is 0 Å². The Morgan fingerprint density at radius 1 is 1.41 bits per heavy atom. The maximum Gasteiger partial charge on any atom is 0.165 e. The van der Waals surface area contributed by atoms with E-state index in [1.807, 2.05) is 0 Å². The number of benzene rings is 1. The molecule has 0 aliphatic heterocycles. The minimum atomic E-state index is -0.373. The maximum atomic E-state index is 13.4. The number of nitrogens with two attached hydrogens (primary N) is 1. The minimum absolute atomic E-state index is 0.169. The monoisotopic (exact) mass is 259 g/mol. The summed E-state index contributed by atoms with van der Waals surface area (Å²) in [7, 11) is 3.11. The quantitative estimate of drug-likeness (QED) is 0.763. The molecule has 96 valence electrons. The molecule has 1 unspecified atom stereocenters. The van der Waals surface area contributed by atoms with Crippen LogP contribution < -0.4 is 10.5 Å². The van der Waals surface area contributed by atoms with Crippen molar-refractivity contribution >= 4 is 11.8 Å². The Balaban J connectivity index is 2.51. The highest BCUT2D eigenvalue weighted by Crippen LogP contribution is 2.22. The van der Waals surface area contributed by atoms with Gasteiger partial charge in [0.15, 0.2) is 11.6 Å². The predicted octanol–water partition coefficient (Wildman–Crippen LogP) is 2.21. The number of halogens is 1. The smallest absolute Gasteiger partial charge is 0.165 e. The molecule has 1 rings (SSSR count). The largest absolute Gasteiger partial charge is 0.494 e. The molecule has 0 saturated carbocycles. The topological polar surface area (TPSA) is 44.5 Å². The van der Waals surface area contributed by atoms with Gasteiger partial charge in [-0.15, -0.1) is 0 Å². The molecule has 5 heteroatoms. The summed E-state index contributed by atoms with van der Waals surface area (Å²) in [5, 5.41) is 0. The van der Waals surface area contributed by atoms with Crippen molar-refractivity contribution in [2.24, 2.45) is 5.73 Å². The number of rotatable bonds is 7. The Morgan fingerprint density at radius 2 is 2.18 bits per heavy atom. The van der Waals surface area contributed by atoms with Crippen molar-refractivity contribution < 1.29 is 13.9 Å². The lowest BCUT2D eigenvalue weighted by Crippen LogP contribution is -2.14. The van der Waals surface area contributed by atoms with Crippen LogP contribution in [0.15, 0.2) is 18.2 Å². The molecule has 2 N–H and O–H groups in total. The summed E-state index contributed by atoms with van der Waals surface area (Å²) >= 11 is 1.69. The highest BCUT2D eigenvalue weighted by atomic mass is 32.2. The lowest BCUT2D eigenvalue weighted by molar-refractivity contribution is 0.218. The molecule has 17 heavy (non-hydrogen) atoms. The Kier molecular flexibility index (Phi) is 6.32. The summed E-state index contributed by atoms with van der Waals surface area (Å²) in [4.78, 5) is 0. The number of methoxy groups -OCH3 is 2. The van der Waals surface area contributed by atoms with E-state index in [0.29, 0.717) is 6.61 Å². The fourth-order valence-corrected chi connectivity index (χ4v) is 2.26. The first kappa shape index (κ1) is 14.3. The normalized spacial score (nSPS) is 12.5. The average Bonchev–Trinajstić information content (AvgIpc) is 2.34. The number of thioether (sulfide) groups is 1. The van der Waals surface area contributed by atoms with Gasteiger partial charge in [-0.1, -0.05) is 6.07 Å². The van der Waals surface area contributed by atoms with E-state index in [-0.39, 0.29) is 17.6 Å². The molecule has 0 aliphatic carbocycles. The second-order valence-corrected chi connectivity index (χ2v) is 4.72. The van der Waals surface area contributed by atoms with Crippen LogP contribution >= 0.6 is 11.8 Å². The maximum absolute atomic E-state index is 13.4. The molecular weight excluding hydrogens is 241 g/mol. The average molecular weight is 259 g/mol. The van der Waals surface area contributed by atoms with Gasteiger partial charge in [0.25, 0.3) is 0 Å². The molecule has 0 bridgehead atoms. The van der Waals surface area contributed by atoms with Gasteiger partial charge in [0.2, 0.25) is 0 Å². The van der Waals surface area contributed by atoms with Crippen molar-refractivity contribution in [2.75, 3.05) is 32.3 Å². The van der Waals surface area contributed by atoms with Crippen molar-refractivity contribution in [2.45, 2.75) is 6.04 Å². The van der Waals surface area contributed by atoms with Gasteiger partial charge in [-0.2, -0.15) is 11.8 Å². The lowest BCUT2D eigenvalue weighted by atomic mass is 10.1. The zero-order valence-corrected chi connectivity index (χ0v) is 10.9. The van der Waals surface area contributed by atoms with Crippen molar-refractivity contribution in [3.8, 4) is 5.75 Å². The number of hydrogen-bond donors (Lipinski definition) is 1. The van der Waals surface area contributed by atoms with Gasteiger partial charge in [-0.3, -0.25) is 0 Å². The van der Waals surface area contributed by atoms with E-state index >= 15 is 0 Å². The highest BCUT2D eigenvalue weighted by Gasteiger charge is 2.09. The second-order valence-electron chi connectivity index (χ2n) is 3.57. The summed E-state index contributed by atoms with van der Waals surface area (Å²) < 4.78 is 23.2. The third kappa shape index (κ3) is 4.53. The summed E-state index contributed by atoms with van der Waals surface area (Å²) in [6.07, 6.45) is 0. The first-order valence-corrected chi connectivity index (χ1v) is 6.50. The Labute approximate surface area is 105 Å². The van der Waals surface area contributed by atoms with Crippen molar-refractivity contribution in [1.82, 2.24) is 0 Å². The van der Waals surface area contributed by atoms with Gasteiger partial charge in [0.1, 0.15) is 0 Å². The first-order chi connectivity index (χ1) is 8.19. The molecular formula is C12H18FNO2S. The molecule has 0 saturated heterocycles. The van der Waals surface area contributed by atoms with Gasteiger partial charge < -0.3 is 15.2 Å². The number of ether oxygens (including phenoxy) is 2. The van der Waals surface area contributed by atoms with E-state index in [1.165, 1.54) is 13.2 Å². The molecule has 0 aliphatic rings. The third-order valence-electron chi connectivity index (χ3n) is 2.33. The van der Waals surface area contributed by atoms with Gasteiger partial charge in [0, 0.05) is 24.7 Å². The van der Waals surface area contributed by atoms with Crippen LogP contribution in [0, 0.1) is 5.82 Å². The second kappa shape index (κ2) is 7.53. The van der Waals surface area contributed by atoms with Crippen LogP contribution in [0.1, 0.15) is 11.6 Å². The number of hydrogen-bond acceptors (Lipinski definition) is 4. The van der Waals surface area contributed by atoms with E-state index in [1.54, 1.807) is 31.0 Å². The minimum Gasteiger partial charge on any atom is -0.494 e. The van der Waals surface area contributed by atoms with E-state index in [2.05, 4.69) is 0 Å². The standard InChI is InChI=1S/C12H18FNO2S/c1-15-5-6-17-8-11(14)9-3-4-12(16-2)10(13)7-9/h3-4,7,11H,5-6,8,14H2,1-2H3. The van der Waals surface area contributed by atoms with Crippen molar-refractivity contribution in [3.63, 3.8) is 0 Å². The van der Waals surface area contributed by atoms with Gasteiger partial charge >= 0.3 is 0 Å². The predicted molar refractivity (Wildman–Crippen MR) is 69.1 cm³/mol. The van der Waals surface area contributed by atoms with Gasteiger partial charge in [-0.25, -0.2) is 4.39 Å². The van der Waals surface area contributed by atoms with Crippen LogP contribution in [-0.4, -0.2) is 32.3 Å². The van der Waals surface area contributed by atoms with E-state index < -0.39 is 0 Å². The van der Waals surface area contributed by atoms with Crippen LogP contribution in [0.5, 0.6) is 5.75 Å². The summed E-state index contributed by atoms with van der Waals surface area (Å²) in [5.74, 6) is 1.51. The van der Waals surface area contributed by atoms with Crippen LogP contribution in [0.4, 0.5) is 4.39 Å². The fraction of sp³-hybridized carbons (Fsp3) is 0.500. The van der Waals surface area contributed by atoms with E-state index in [4.69, 9.17) is 15.2 Å². The van der Waals surface area contributed by atoms with Gasteiger partial charge in [0.05, 0.1) is 13.7 Å². The molecule has 0 aromatic heterocycles. The summed E-state index contributed by atoms with van der Waals surface area (Å²) in [5.41, 5.74) is 6.75.